The van der Waals surface area contributed by atoms with Crippen molar-refractivity contribution in [2.45, 2.75) is 0 Å². The number of hydrogen-bond acceptors (Lipinski definition) is 5. The second-order valence-corrected chi connectivity index (χ2v) is 18.3. The van der Waals surface area contributed by atoms with E-state index in [0.29, 0.717) is 0 Å². The number of anilines is 3. The molecule has 60 heavy (non-hydrogen) atoms. The van der Waals surface area contributed by atoms with Crippen molar-refractivity contribution in [3.63, 3.8) is 0 Å². The highest BCUT2D eigenvalue weighted by atomic mass is 32.1. The summed E-state index contributed by atoms with van der Waals surface area (Å²) in [5, 5.41) is 6.23. The molecule has 0 spiro atoms. The minimum atomic E-state index is 1.07. The fourth-order valence-corrected chi connectivity index (χ4v) is 12.0. The number of rotatable bonds is 7. The lowest BCUT2D eigenvalue weighted by Gasteiger charge is -2.26. The maximum atomic E-state index is 5.17. The summed E-state index contributed by atoms with van der Waals surface area (Å²) in [6.45, 7) is 0. The summed E-state index contributed by atoms with van der Waals surface area (Å²) in [4.78, 5) is 7.55. The number of fused-ring (bicyclic) bond motifs is 8. The number of benzene rings is 9. The highest BCUT2D eigenvalue weighted by Crippen LogP contribution is 2.45. The fraction of sp³-hybridized carbons (Fsp3) is 0. The maximum Gasteiger partial charge on any atom is 0.124 e. The Kier molecular flexibility index (Phi) is 8.44. The first-order valence-electron chi connectivity index (χ1n) is 20.1. The van der Waals surface area contributed by atoms with E-state index in [9.17, 15) is 0 Å². The van der Waals surface area contributed by atoms with Gasteiger partial charge in [-0.1, -0.05) is 146 Å². The van der Waals surface area contributed by atoms with E-state index in [-0.39, 0.29) is 0 Å². The lowest BCUT2D eigenvalue weighted by Crippen LogP contribution is -2.10. The van der Waals surface area contributed by atoms with E-state index in [1.54, 1.807) is 11.3 Å². The third kappa shape index (κ3) is 6.01. The van der Waals surface area contributed by atoms with E-state index < -0.39 is 0 Å². The van der Waals surface area contributed by atoms with Crippen LogP contribution in [0.15, 0.2) is 206 Å². The van der Waals surface area contributed by atoms with Gasteiger partial charge in [0.25, 0.3) is 0 Å². The van der Waals surface area contributed by atoms with Crippen LogP contribution in [0, 0.1) is 0 Å². The van der Waals surface area contributed by atoms with Crippen molar-refractivity contribution in [2.24, 2.45) is 0 Å². The third-order valence-corrected chi connectivity index (χ3v) is 14.9. The van der Waals surface area contributed by atoms with Gasteiger partial charge in [-0.15, -0.1) is 34.0 Å². The molecule has 12 rings (SSSR count). The van der Waals surface area contributed by atoms with Gasteiger partial charge in [0.05, 0.1) is 10.2 Å². The molecule has 0 saturated carbocycles. The molecule has 0 saturated heterocycles. The van der Waals surface area contributed by atoms with Crippen LogP contribution in [0.5, 0.6) is 0 Å². The molecule has 9 aromatic carbocycles. The molecule has 2 nitrogen and oxygen atoms in total. The van der Waals surface area contributed by atoms with E-state index in [1.165, 1.54) is 78.4 Å². The van der Waals surface area contributed by atoms with Crippen molar-refractivity contribution in [3.05, 3.63) is 206 Å². The predicted octanol–water partition coefficient (Wildman–Crippen LogP) is 17.2. The van der Waals surface area contributed by atoms with Crippen LogP contribution >= 0.6 is 34.0 Å². The van der Waals surface area contributed by atoms with Gasteiger partial charge in [0.15, 0.2) is 0 Å². The SMILES string of the molecule is c1ccc(-c2cccc(N(c3ccc(-c4ccc5c(c4)sc4ccc6sc(-c7ccccc7)nc6c45)cc3)c3ccc(-c4cccc5c4sc4ccccc45)cc3)c2)cc1. The quantitative estimate of drug-likeness (QED) is 0.159. The Labute approximate surface area is 359 Å². The molecule has 5 heteroatoms. The van der Waals surface area contributed by atoms with Crippen molar-refractivity contribution in [2.75, 3.05) is 4.90 Å². The molecular weight excluding hydrogens is 785 g/mol. The smallest absolute Gasteiger partial charge is 0.124 e. The van der Waals surface area contributed by atoms with Crippen LogP contribution in [0.2, 0.25) is 0 Å². The molecule has 0 atom stereocenters. The van der Waals surface area contributed by atoms with Crippen LogP contribution in [0.1, 0.15) is 0 Å². The summed E-state index contributed by atoms with van der Waals surface area (Å²) in [5.74, 6) is 0. The predicted molar refractivity (Wildman–Crippen MR) is 262 cm³/mol. The maximum absolute atomic E-state index is 5.17. The molecule has 0 aliphatic rings. The van der Waals surface area contributed by atoms with Gasteiger partial charge in [0, 0.05) is 63.0 Å². The average Bonchev–Trinajstić information content (AvgIpc) is 4.04. The number of thiazole rings is 1. The Hall–Kier alpha value is -6.89. The van der Waals surface area contributed by atoms with Gasteiger partial charge in [-0.3, -0.25) is 0 Å². The Morgan fingerprint density at radius 3 is 1.75 bits per heavy atom. The zero-order valence-corrected chi connectivity index (χ0v) is 34.7. The summed E-state index contributed by atoms with van der Waals surface area (Å²) >= 11 is 5.49. The molecule has 0 N–H and O–H groups in total. The summed E-state index contributed by atoms with van der Waals surface area (Å²) in [5.41, 5.74) is 12.8. The fourth-order valence-electron chi connectivity index (χ4n) is 8.61. The average molecular weight is 819 g/mol. The summed E-state index contributed by atoms with van der Waals surface area (Å²) < 4.78 is 6.43. The Bertz CT molecular complexity index is 3530. The molecule has 0 unspecified atom stereocenters. The lowest BCUT2D eigenvalue weighted by atomic mass is 10.0. The standard InChI is InChI=1S/C55H34N2S3/c1-3-11-35(12-4-1)39-15-9-16-43(33-39)57(42-28-23-37(24-29-42)44-18-10-19-46-45-17-7-8-20-48(45)59-54(44)46)41-26-21-36(22-27-41)40-25-30-47-51(34-40)58-49-31-32-50-53(52(47)49)56-55(60-50)38-13-5-2-6-14-38/h1-34H. The number of hydrogen-bond donors (Lipinski definition) is 0. The van der Waals surface area contributed by atoms with Gasteiger partial charge in [0.2, 0.25) is 0 Å². The van der Waals surface area contributed by atoms with Crippen LogP contribution < -0.4 is 4.90 Å². The molecule has 0 aliphatic carbocycles. The Balaban J connectivity index is 0.919. The number of nitrogens with zero attached hydrogens (tertiary/aromatic N) is 2. The highest BCUT2D eigenvalue weighted by Gasteiger charge is 2.18. The molecule has 0 bridgehead atoms. The van der Waals surface area contributed by atoms with E-state index in [1.807, 2.05) is 22.7 Å². The Morgan fingerprint density at radius 2 is 0.950 bits per heavy atom. The van der Waals surface area contributed by atoms with E-state index in [0.717, 1.165) is 33.1 Å². The van der Waals surface area contributed by atoms with Gasteiger partial charge >= 0.3 is 0 Å². The third-order valence-electron chi connectivity index (χ3n) is 11.5. The van der Waals surface area contributed by atoms with Crippen molar-refractivity contribution in [1.29, 1.82) is 0 Å². The van der Waals surface area contributed by atoms with Crippen LogP contribution in [0.3, 0.4) is 0 Å². The molecule has 12 aromatic rings. The molecule has 0 radical (unpaired) electrons. The molecule has 3 heterocycles. The number of thiophene rings is 2. The van der Waals surface area contributed by atoms with E-state index in [4.69, 9.17) is 4.98 Å². The van der Waals surface area contributed by atoms with Crippen molar-refractivity contribution in [1.82, 2.24) is 4.98 Å². The summed E-state index contributed by atoms with van der Waals surface area (Å²) in [6.07, 6.45) is 0. The van der Waals surface area contributed by atoms with Crippen molar-refractivity contribution in [3.8, 4) is 44.0 Å². The first-order valence-corrected chi connectivity index (χ1v) is 22.5. The monoisotopic (exact) mass is 818 g/mol. The van der Waals surface area contributed by atoms with Gasteiger partial charge in [0.1, 0.15) is 5.01 Å². The van der Waals surface area contributed by atoms with Gasteiger partial charge in [-0.2, -0.15) is 0 Å². The second-order valence-electron chi connectivity index (χ2n) is 15.1. The highest BCUT2D eigenvalue weighted by molar-refractivity contribution is 7.27. The molecule has 0 aliphatic heterocycles. The van der Waals surface area contributed by atoms with Crippen molar-refractivity contribution >= 4 is 102 Å². The summed E-state index contributed by atoms with van der Waals surface area (Å²) in [6, 6.07) is 75.0. The molecule has 282 valence electrons. The minimum Gasteiger partial charge on any atom is -0.310 e. The number of aromatic nitrogens is 1. The van der Waals surface area contributed by atoms with Crippen LogP contribution in [-0.4, -0.2) is 4.98 Å². The van der Waals surface area contributed by atoms with Gasteiger partial charge in [-0.05, 0) is 94.0 Å². The van der Waals surface area contributed by atoms with E-state index in [2.05, 4.69) is 211 Å². The second kappa shape index (κ2) is 14.4. The molecule has 0 amide bonds. The van der Waals surface area contributed by atoms with E-state index >= 15 is 0 Å². The van der Waals surface area contributed by atoms with Crippen LogP contribution in [0.25, 0.3) is 94.5 Å². The molecule has 0 fully saturated rings. The zero-order valence-electron chi connectivity index (χ0n) is 32.2. The molecular formula is C55H34N2S3. The largest absolute Gasteiger partial charge is 0.310 e. The van der Waals surface area contributed by atoms with Gasteiger partial charge < -0.3 is 4.90 Å². The Morgan fingerprint density at radius 1 is 0.333 bits per heavy atom. The minimum absolute atomic E-state index is 1.07. The normalized spacial score (nSPS) is 11.7. The topological polar surface area (TPSA) is 16.1 Å². The lowest BCUT2D eigenvalue weighted by molar-refractivity contribution is 1.28. The summed E-state index contributed by atoms with van der Waals surface area (Å²) in [7, 11) is 0. The first-order chi connectivity index (χ1) is 29.7. The van der Waals surface area contributed by atoms with Crippen LogP contribution in [-0.2, 0) is 0 Å². The first kappa shape index (κ1) is 35.1. The molecule has 3 aromatic heterocycles. The van der Waals surface area contributed by atoms with Gasteiger partial charge in [-0.25, -0.2) is 4.98 Å². The zero-order chi connectivity index (χ0) is 39.6. The van der Waals surface area contributed by atoms with Crippen molar-refractivity contribution < 1.29 is 0 Å². The van der Waals surface area contributed by atoms with Crippen LogP contribution in [0.4, 0.5) is 17.1 Å².